The van der Waals surface area contributed by atoms with Crippen LogP contribution in [0.1, 0.15) is 5.56 Å². The Hall–Kier alpha value is -2.13. The van der Waals surface area contributed by atoms with Crippen molar-refractivity contribution in [1.29, 1.82) is 5.26 Å². The van der Waals surface area contributed by atoms with Crippen LogP contribution < -0.4 is 10.5 Å². The third-order valence-electron chi connectivity index (χ3n) is 1.76. The quantitative estimate of drug-likeness (QED) is 0.868. The van der Waals surface area contributed by atoms with E-state index in [1.807, 2.05) is 6.07 Å². The second kappa shape index (κ2) is 4.16. The number of hydrogen-bond acceptors (Lipinski definition) is 5. The molecule has 0 radical (unpaired) electrons. The van der Waals surface area contributed by atoms with Crippen molar-refractivity contribution in [2.75, 3.05) is 5.73 Å². The summed E-state index contributed by atoms with van der Waals surface area (Å²) in [6.45, 7) is 0. The molecule has 1 heterocycles. The predicted octanol–water partition coefficient (Wildman–Crippen LogP) is 2.53. The second-order valence-electron chi connectivity index (χ2n) is 2.89. The zero-order chi connectivity index (χ0) is 11.5. The molecule has 0 atom stereocenters. The normalized spacial score (nSPS) is 9.75. The zero-order valence-corrected chi connectivity index (χ0v) is 8.79. The topological polar surface area (TPSA) is 71.9 Å². The van der Waals surface area contributed by atoms with Crippen LogP contribution in [0, 0.1) is 17.1 Å². The maximum Gasteiger partial charge on any atom is 0.280 e. The summed E-state index contributed by atoms with van der Waals surface area (Å²) in [5, 5.41) is 9.32. The molecule has 0 bridgehead atoms. The summed E-state index contributed by atoms with van der Waals surface area (Å²) in [5.41, 5.74) is 5.69. The first-order valence-electron chi connectivity index (χ1n) is 4.28. The Morgan fingerprint density at radius 3 is 2.88 bits per heavy atom. The van der Waals surface area contributed by atoms with Crippen LogP contribution >= 0.6 is 11.3 Å². The molecule has 0 fully saturated rings. The van der Waals surface area contributed by atoms with Crippen LogP contribution in [0.2, 0.25) is 0 Å². The van der Waals surface area contributed by atoms with Crippen LogP contribution in [0.15, 0.2) is 24.4 Å². The van der Waals surface area contributed by atoms with E-state index in [0.29, 0.717) is 5.00 Å². The number of anilines is 1. The Labute approximate surface area is 94.7 Å². The third-order valence-corrected chi connectivity index (χ3v) is 2.47. The van der Waals surface area contributed by atoms with Crippen LogP contribution in [0.3, 0.4) is 0 Å². The molecule has 80 valence electrons. The fourth-order valence-corrected chi connectivity index (χ4v) is 1.61. The Balaban J connectivity index is 2.26. The van der Waals surface area contributed by atoms with Gasteiger partial charge >= 0.3 is 0 Å². The summed E-state index contributed by atoms with van der Waals surface area (Å²) in [4.78, 5) is 3.83. The van der Waals surface area contributed by atoms with E-state index in [-0.39, 0.29) is 16.5 Å². The van der Waals surface area contributed by atoms with Crippen molar-refractivity contribution < 1.29 is 9.13 Å². The Kier molecular flexibility index (Phi) is 2.70. The lowest BCUT2D eigenvalue weighted by Crippen LogP contribution is -1.88. The largest absolute Gasteiger partial charge is 0.428 e. The van der Waals surface area contributed by atoms with Gasteiger partial charge < -0.3 is 10.5 Å². The van der Waals surface area contributed by atoms with Crippen molar-refractivity contribution in [2.45, 2.75) is 0 Å². The number of nitrogens with zero attached hydrogens (tertiary/aromatic N) is 2. The number of aromatic nitrogens is 1. The van der Waals surface area contributed by atoms with E-state index < -0.39 is 5.82 Å². The molecule has 0 saturated heterocycles. The molecule has 2 rings (SSSR count). The van der Waals surface area contributed by atoms with E-state index >= 15 is 0 Å². The summed E-state index contributed by atoms with van der Waals surface area (Å²) in [5.74, 6) is -0.582. The monoisotopic (exact) mass is 235 g/mol. The van der Waals surface area contributed by atoms with Crippen LogP contribution in [0.4, 0.5) is 9.39 Å². The molecule has 1 aromatic carbocycles. The number of hydrogen-bond donors (Lipinski definition) is 1. The predicted molar refractivity (Wildman–Crippen MR) is 57.7 cm³/mol. The highest BCUT2D eigenvalue weighted by Gasteiger charge is 2.08. The van der Waals surface area contributed by atoms with Gasteiger partial charge in [0.2, 0.25) is 0 Å². The highest BCUT2D eigenvalue weighted by molar-refractivity contribution is 7.17. The first-order valence-corrected chi connectivity index (χ1v) is 5.09. The number of nitrogen functional groups attached to an aromatic ring is 1. The number of benzene rings is 1. The average Bonchev–Trinajstić information content (AvgIpc) is 2.67. The highest BCUT2D eigenvalue weighted by Crippen LogP contribution is 2.29. The first kappa shape index (κ1) is 10.4. The summed E-state index contributed by atoms with van der Waals surface area (Å²) >= 11 is 1.11. The molecular formula is C10H6FN3OS. The number of nitrogens with two attached hydrogens (primary N) is 1. The molecule has 0 aliphatic heterocycles. The summed E-state index contributed by atoms with van der Waals surface area (Å²) in [6.07, 6.45) is 1.43. The van der Waals surface area contributed by atoms with Crippen LogP contribution in [0.25, 0.3) is 0 Å². The molecule has 0 saturated carbocycles. The number of halogens is 1. The highest BCUT2D eigenvalue weighted by atomic mass is 32.1. The molecule has 2 N–H and O–H groups in total. The molecule has 4 nitrogen and oxygen atoms in total. The minimum atomic E-state index is -0.604. The number of thiazole rings is 1. The molecule has 0 aliphatic rings. The standard InChI is InChI=1S/C10H6FN3OS/c11-7-3-6(4-12)1-2-8(7)15-10-14-5-9(13)16-10/h1-3,5H,13H2. The van der Waals surface area contributed by atoms with Crippen molar-refractivity contribution in [2.24, 2.45) is 0 Å². The molecule has 16 heavy (non-hydrogen) atoms. The lowest BCUT2D eigenvalue weighted by Gasteiger charge is -2.02. The molecule has 0 spiro atoms. The number of nitriles is 1. The van der Waals surface area contributed by atoms with Crippen molar-refractivity contribution in [3.63, 3.8) is 0 Å². The van der Waals surface area contributed by atoms with Crippen molar-refractivity contribution >= 4 is 16.3 Å². The van der Waals surface area contributed by atoms with Gasteiger partial charge in [0.25, 0.3) is 5.19 Å². The summed E-state index contributed by atoms with van der Waals surface area (Å²) in [7, 11) is 0. The van der Waals surface area contributed by atoms with Gasteiger partial charge in [0.05, 0.1) is 17.8 Å². The molecule has 6 heteroatoms. The first-order chi connectivity index (χ1) is 7.69. The van der Waals surface area contributed by atoms with E-state index in [4.69, 9.17) is 15.7 Å². The van der Waals surface area contributed by atoms with Crippen molar-refractivity contribution in [3.8, 4) is 17.0 Å². The van der Waals surface area contributed by atoms with Gasteiger partial charge in [0, 0.05) is 0 Å². The van der Waals surface area contributed by atoms with E-state index in [9.17, 15) is 4.39 Å². The maximum atomic E-state index is 13.4. The van der Waals surface area contributed by atoms with Gasteiger partial charge in [-0.25, -0.2) is 9.37 Å². The van der Waals surface area contributed by atoms with E-state index in [1.165, 1.54) is 18.3 Å². The average molecular weight is 235 g/mol. The number of rotatable bonds is 2. The molecule has 0 aliphatic carbocycles. The van der Waals surface area contributed by atoms with Crippen molar-refractivity contribution in [1.82, 2.24) is 4.98 Å². The van der Waals surface area contributed by atoms with Gasteiger partial charge in [-0.1, -0.05) is 11.3 Å². The molecule has 0 amide bonds. The van der Waals surface area contributed by atoms with Crippen LogP contribution in [-0.2, 0) is 0 Å². The second-order valence-corrected chi connectivity index (χ2v) is 3.91. The van der Waals surface area contributed by atoms with Crippen LogP contribution in [-0.4, -0.2) is 4.98 Å². The van der Waals surface area contributed by atoms with E-state index in [0.717, 1.165) is 17.4 Å². The Bertz CT molecular complexity index is 561. The summed E-state index contributed by atoms with van der Waals surface area (Å²) in [6, 6.07) is 5.79. The maximum absolute atomic E-state index is 13.4. The Morgan fingerprint density at radius 1 is 1.50 bits per heavy atom. The van der Waals surface area contributed by atoms with E-state index in [2.05, 4.69) is 4.98 Å². The van der Waals surface area contributed by atoms with Gasteiger partial charge in [0.15, 0.2) is 11.6 Å². The molecule has 2 aromatic rings. The van der Waals surface area contributed by atoms with Gasteiger partial charge in [-0.15, -0.1) is 0 Å². The van der Waals surface area contributed by atoms with Gasteiger partial charge in [-0.3, -0.25) is 0 Å². The SMILES string of the molecule is N#Cc1ccc(Oc2ncc(N)s2)c(F)c1. The zero-order valence-electron chi connectivity index (χ0n) is 7.98. The molecule has 1 aromatic heterocycles. The minimum Gasteiger partial charge on any atom is -0.428 e. The number of ether oxygens (including phenoxy) is 1. The lowest BCUT2D eigenvalue weighted by atomic mass is 10.2. The van der Waals surface area contributed by atoms with Gasteiger partial charge in [-0.05, 0) is 18.2 Å². The van der Waals surface area contributed by atoms with Gasteiger partial charge in [0.1, 0.15) is 5.00 Å². The molecular weight excluding hydrogens is 229 g/mol. The fraction of sp³-hybridized carbons (Fsp3) is 0. The fourth-order valence-electron chi connectivity index (χ4n) is 1.06. The minimum absolute atomic E-state index is 0.0216. The molecule has 0 unspecified atom stereocenters. The summed E-state index contributed by atoms with van der Waals surface area (Å²) < 4.78 is 18.6. The van der Waals surface area contributed by atoms with E-state index in [1.54, 1.807) is 0 Å². The third kappa shape index (κ3) is 2.10. The van der Waals surface area contributed by atoms with Gasteiger partial charge in [-0.2, -0.15) is 5.26 Å². The Morgan fingerprint density at radius 2 is 2.31 bits per heavy atom. The lowest BCUT2D eigenvalue weighted by molar-refractivity contribution is 0.439. The van der Waals surface area contributed by atoms with Crippen LogP contribution in [0.5, 0.6) is 10.9 Å². The smallest absolute Gasteiger partial charge is 0.280 e. The van der Waals surface area contributed by atoms with Crippen molar-refractivity contribution in [3.05, 3.63) is 35.8 Å².